The molecule has 4 unspecified atom stereocenters. The van der Waals surface area contributed by atoms with Crippen molar-refractivity contribution in [2.75, 3.05) is 26.9 Å². The van der Waals surface area contributed by atoms with Crippen LogP contribution in [0.25, 0.3) is 0 Å². The van der Waals surface area contributed by atoms with Crippen LogP contribution in [0.4, 0.5) is 0 Å². The lowest BCUT2D eigenvalue weighted by atomic mass is 9.89. The van der Waals surface area contributed by atoms with Crippen LogP contribution in [-0.4, -0.2) is 50.2 Å². The largest absolute Gasteiger partial charge is 0.389 e. The summed E-state index contributed by atoms with van der Waals surface area (Å²) in [4.78, 5) is 0. The Bertz CT molecular complexity index is 248. The van der Waals surface area contributed by atoms with E-state index in [2.05, 4.69) is 26.1 Å². The molecule has 4 atom stereocenters. The second-order valence-corrected chi connectivity index (χ2v) is 6.60. The Morgan fingerprint density at radius 1 is 1.25 bits per heavy atom. The van der Waals surface area contributed by atoms with E-state index in [9.17, 15) is 5.11 Å². The van der Waals surface area contributed by atoms with E-state index in [1.54, 1.807) is 7.11 Å². The molecule has 20 heavy (non-hydrogen) atoms. The molecule has 0 bridgehead atoms. The molecule has 0 radical (unpaired) electrons. The highest BCUT2D eigenvalue weighted by Gasteiger charge is 2.20. The van der Waals surface area contributed by atoms with Crippen molar-refractivity contribution in [3.63, 3.8) is 0 Å². The first-order valence-electron chi connectivity index (χ1n) is 8.04. The Morgan fingerprint density at radius 2 is 2.00 bits per heavy atom. The zero-order valence-electron chi connectivity index (χ0n) is 13.6. The Morgan fingerprint density at radius 3 is 2.60 bits per heavy atom. The number of aliphatic hydroxyl groups is 1. The maximum atomic E-state index is 10.0. The third kappa shape index (κ3) is 7.02. The van der Waals surface area contributed by atoms with Gasteiger partial charge in [0.2, 0.25) is 0 Å². The minimum Gasteiger partial charge on any atom is -0.389 e. The summed E-state index contributed by atoms with van der Waals surface area (Å²) in [6, 6.07) is 0.282. The van der Waals surface area contributed by atoms with Gasteiger partial charge in [-0.1, -0.05) is 33.6 Å². The average molecular weight is 287 g/mol. The van der Waals surface area contributed by atoms with Crippen LogP contribution in [0.2, 0.25) is 0 Å². The lowest BCUT2D eigenvalue weighted by Gasteiger charge is -2.28. The van der Waals surface area contributed by atoms with Crippen LogP contribution in [0, 0.1) is 11.8 Å². The summed E-state index contributed by atoms with van der Waals surface area (Å²) >= 11 is 0. The molecule has 0 amide bonds. The first-order chi connectivity index (χ1) is 9.52. The molecule has 0 heterocycles. The number of rotatable bonds is 9. The summed E-state index contributed by atoms with van der Waals surface area (Å²) in [5.74, 6) is 1.25. The summed E-state index contributed by atoms with van der Waals surface area (Å²) in [6.07, 6.45) is 4.75. The Balaban J connectivity index is 2.17. The van der Waals surface area contributed by atoms with Crippen LogP contribution in [0.1, 0.15) is 46.5 Å². The molecule has 1 saturated carbocycles. The highest BCUT2D eigenvalue weighted by Crippen LogP contribution is 2.25. The van der Waals surface area contributed by atoms with Crippen LogP contribution < -0.4 is 5.32 Å². The topological polar surface area (TPSA) is 50.7 Å². The zero-order chi connectivity index (χ0) is 15.0. The molecule has 0 aromatic heterocycles. The molecule has 0 aromatic rings. The van der Waals surface area contributed by atoms with E-state index in [0.29, 0.717) is 31.8 Å². The van der Waals surface area contributed by atoms with Crippen LogP contribution >= 0.6 is 0 Å². The lowest BCUT2D eigenvalue weighted by molar-refractivity contribution is -0.0321. The maximum absolute atomic E-state index is 10.0. The van der Waals surface area contributed by atoms with E-state index >= 15 is 0 Å². The van der Waals surface area contributed by atoms with Gasteiger partial charge in [-0.2, -0.15) is 0 Å². The van der Waals surface area contributed by atoms with E-state index in [-0.39, 0.29) is 6.04 Å². The number of hydrogen-bond acceptors (Lipinski definition) is 4. The van der Waals surface area contributed by atoms with E-state index < -0.39 is 6.10 Å². The maximum Gasteiger partial charge on any atom is 0.0897 e. The van der Waals surface area contributed by atoms with Crippen molar-refractivity contribution in [2.45, 2.75) is 64.7 Å². The predicted octanol–water partition coefficient (Wildman–Crippen LogP) is 2.20. The van der Waals surface area contributed by atoms with Gasteiger partial charge >= 0.3 is 0 Å². The monoisotopic (exact) mass is 287 g/mol. The van der Waals surface area contributed by atoms with Crippen molar-refractivity contribution in [2.24, 2.45) is 11.8 Å². The highest BCUT2D eigenvalue weighted by molar-refractivity contribution is 4.74. The SMILES string of the molecule is COCC(NCC(O)COC1CCCC(C)C1)C(C)C. The molecule has 0 spiro atoms. The van der Waals surface area contributed by atoms with Crippen molar-refractivity contribution in [1.29, 1.82) is 0 Å². The number of methoxy groups -OCH3 is 1. The van der Waals surface area contributed by atoms with Gasteiger partial charge in [0.25, 0.3) is 0 Å². The second kappa shape index (κ2) is 9.72. The molecule has 0 aromatic carbocycles. The Hall–Kier alpha value is -0.160. The van der Waals surface area contributed by atoms with Crippen molar-refractivity contribution < 1.29 is 14.6 Å². The third-order valence-electron chi connectivity index (χ3n) is 4.18. The Kier molecular flexibility index (Phi) is 8.69. The van der Waals surface area contributed by atoms with Crippen LogP contribution in [-0.2, 0) is 9.47 Å². The molecule has 4 heteroatoms. The molecule has 2 N–H and O–H groups in total. The number of aliphatic hydroxyl groups excluding tert-OH is 1. The standard InChI is InChI=1S/C16H33NO3/c1-12(2)16(11-19-4)17-9-14(18)10-20-15-7-5-6-13(3)8-15/h12-18H,5-11H2,1-4H3. The minimum atomic E-state index is -0.440. The van der Waals surface area contributed by atoms with Gasteiger partial charge in [-0.05, 0) is 24.7 Å². The van der Waals surface area contributed by atoms with Gasteiger partial charge in [0.05, 0.1) is 25.4 Å². The Labute approximate surface area is 124 Å². The molecule has 1 aliphatic carbocycles. The van der Waals surface area contributed by atoms with E-state index in [1.165, 1.54) is 12.8 Å². The lowest BCUT2D eigenvalue weighted by Crippen LogP contribution is -2.43. The molecule has 1 aliphatic rings. The van der Waals surface area contributed by atoms with Crippen molar-refractivity contribution in [3.05, 3.63) is 0 Å². The quantitative estimate of drug-likeness (QED) is 0.682. The minimum absolute atomic E-state index is 0.282. The van der Waals surface area contributed by atoms with Gasteiger partial charge in [-0.15, -0.1) is 0 Å². The van der Waals surface area contributed by atoms with Gasteiger partial charge in [-0.25, -0.2) is 0 Å². The fourth-order valence-corrected chi connectivity index (χ4v) is 2.79. The molecular formula is C16H33NO3. The normalized spacial score (nSPS) is 26.7. The molecule has 120 valence electrons. The van der Waals surface area contributed by atoms with Crippen molar-refractivity contribution in [3.8, 4) is 0 Å². The first kappa shape index (κ1) is 17.9. The fourth-order valence-electron chi connectivity index (χ4n) is 2.79. The molecule has 0 saturated heterocycles. The highest BCUT2D eigenvalue weighted by atomic mass is 16.5. The first-order valence-corrected chi connectivity index (χ1v) is 8.04. The summed E-state index contributed by atoms with van der Waals surface area (Å²) < 4.78 is 11.0. The van der Waals surface area contributed by atoms with E-state index in [0.717, 1.165) is 18.8 Å². The van der Waals surface area contributed by atoms with Crippen LogP contribution in [0.3, 0.4) is 0 Å². The number of ether oxygens (including phenoxy) is 2. The second-order valence-electron chi connectivity index (χ2n) is 6.60. The molecular weight excluding hydrogens is 254 g/mol. The number of nitrogens with one attached hydrogen (secondary N) is 1. The average Bonchev–Trinajstić information content (AvgIpc) is 2.41. The van der Waals surface area contributed by atoms with Gasteiger partial charge in [0, 0.05) is 19.7 Å². The van der Waals surface area contributed by atoms with Crippen LogP contribution in [0.15, 0.2) is 0 Å². The van der Waals surface area contributed by atoms with Crippen LogP contribution in [0.5, 0.6) is 0 Å². The van der Waals surface area contributed by atoms with Gasteiger partial charge in [0.15, 0.2) is 0 Å². The fraction of sp³-hybridized carbons (Fsp3) is 1.00. The summed E-state index contributed by atoms with van der Waals surface area (Å²) in [5.41, 5.74) is 0. The summed E-state index contributed by atoms with van der Waals surface area (Å²) in [5, 5.41) is 13.4. The van der Waals surface area contributed by atoms with Gasteiger partial charge in [-0.3, -0.25) is 0 Å². The van der Waals surface area contributed by atoms with E-state index in [1.807, 2.05) is 0 Å². The number of hydrogen-bond donors (Lipinski definition) is 2. The zero-order valence-corrected chi connectivity index (χ0v) is 13.6. The predicted molar refractivity (Wildman–Crippen MR) is 81.9 cm³/mol. The third-order valence-corrected chi connectivity index (χ3v) is 4.18. The molecule has 4 nitrogen and oxygen atoms in total. The molecule has 1 rings (SSSR count). The van der Waals surface area contributed by atoms with Crippen molar-refractivity contribution in [1.82, 2.24) is 5.32 Å². The molecule has 0 aliphatic heterocycles. The summed E-state index contributed by atoms with van der Waals surface area (Å²) in [6.45, 7) is 8.26. The summed E-state index contributed by atoms with van der Waals surface area (Å²) in [7, 11) is 1.71. The van der Waals surface area contributed by atoms with Crippen molar-refractivity contribution >= 4 is 0 Å². The van der Waals surface area contributed by atoms with Gasteiger partial charge < -0.3 is 19.9 Å². The molecule has 1 fully saturated rings. The van der Waals surface area contributed by atoms with Gasteiger partial charge in [0.1, 0.15) is 0 Å². The van der Waals surface area contributed by atoms with E-state index in [4.69, 9.17) is 9.47 Å². The smallest absolute Gasteiger partial charge is 0.0897 e.